The summed E-state index contributed by atoms with van der Waals surface area (Å²) in [6.45, 7) is 4.60. The van der Waals surface area contributed by atoms with Crippen LogP contribution in [0.3, 0.4) is 0 Å². The van der Waals surface area contributed by atoms with Crippen molar-refractivity contribution in [2.45, 2.75) is 13.8 Å². The van der Waals surface area contributed by atoms with Crippen molar-refractivity contribution in [1.82, 2.24) is 10.4 Å². The Morgan fingerprint density at radius 1 is 0.911 bits per heavy atom. The Kier molecular flexibility index (Phi) is 10.3. The second-order valence-electron chi connectivity index (χ2n) is 9.57. The number of fused-ring (bicyclic) bond motifs is 1. The predicted molar refractivity (Wildman–Crippen MR) is 183 cm³/mol. The number of carbonyl (C=O) groups excluding carboxylic acids is 2. The van der Waals surface area contributed by atoms with Gasteiger partial charge in [-0.3, -0.25) is 4.79 Å². The van der Waals surface area contributed by atoms with Gasteiger partial charge in [-0.15, -0.1) is 0 Å². The number of carbonyl (C=O) groups is 2. The summed E-state index contributed by atoms with van der Waals surface area (Å²) in [7, 11) is 1.47. The largest absolute Gasteiger partial charge is 0.493 e. The lowest BCUT2D eigenvalue weighted by molar-refractivity contribution is 0.0728. The van der Waals surface area contributed by atoms with Crippen LogP contribution in [0.2, 0.25) is 5.02 Å². The van der Waals surface area contributed by atoms with Gasteiger partial charge < -0.3 is 23.9 Å². The van der Waals surface area contributed by atoms with Crippen molar-refractivity contribution in [2.24, 2.45) is 5.10 Å². The fourth-order valence-electron chi connectivity index (χ4n) is 4.69. The van der Waals surface area contributed by atoms with Crippen molar-refractivity contribution >= 4 is 63.2 Å². The van der Waals surface area contributed by atoms with E-state index in [4.69, 9.17) is 30.5 Å². The van der Waals surface area contributed by atoms with Crippen LogP contribution in [0.5, 0.6) is 23.0 Å². The van der Waals surface area contributed by atoms with Gasteiger partial charge in [-0.1, -0.05) is 29.8 Å². The highest BCUT2D eigenvalue weighted by Gasteiger charge is 2.21. The highest BCUT2D eigenvalue weighted by molar-refractivity contribution is 14.1. The molecule has 1 amide bonds. The summed E-state index contributed by atoms with van der Waals surface area (Å²) in [5.74, 6) is 0.493. The molecule has 1 heterocycles. The monoisotopic (exact) mass is 737 g/mol. The molecule has 0 aliphatic carbocycles. The van der Waals surface area contributed by atoms with Crippen molar-refractivity contribution in [2.75, 3.05) is 20.3 Å². The number of H-pyrrole nitrogens is 1. The summed E-state index contributed by atoms with van der Waals surface area (Å²) in [4.78, 5) is 29.5. The molecule has 4 aromatic carbocycles. The maximum Gasteiger partial charge on any atom is 0.343 e. The lowest BCUT2D eigenvalue weighted by Gasteiger charge is -2.13. The van der Waals surface area contributed by atoms with Gasteiger partial charge >= 0.3 is 5.97 Å². The zero-order chi connectivity index (χ0) is 31.9. The Morgan fingerprint density at radius 3 is 2.42 bits per heavy atom. The quantitative estimate of drug-likeness (QED) is 0.0469. The molecule has 9 nitrogen and oxygen atoms in total. The Labute approximate surface area is 278 Å². The molecule has 230 valence electrons. The van der Waals surface area contributed by atoms with E-state index in [2.05, 4.69) is 38.1 Å². The van der Waals surface area contributed by atoms with E-state index >= 15 is 0 Å². The minimum Gasteiger partial charge on any atom is -0.493 e. The minimum atomic E-state index is -0.590. The second kappa shape index (κ2) is 14.5. The van der Waals surface area contributed by atoms with Crippen molar-refractivity contribution in [3.05, 3.63) is 104 Å². The van der Waals surface area contributed by atoms with E-state index in [0.29, 0.717) is 57.9 Å². The van der Waals surface area contributed by atoms with Crippen LogP contribution in [0.4, 0.5) is 0 Å². The lowest BCUT2D eigenvalue weighted by atomic mass is 10.0. The molecule has 0 radical (unpaired) electrons. The standard InChI is InChI=1S/C34H29ClIN3O6/c1-4-43-27-15-11-21(17-30(27)44-5-2)34(41)45-28-14-10-20(16-29(28)42-3)19-37-39-33(40)32-31(23-8-6-7-9-25(23)35)24-18-22(36)12-13-26(24)38-32/h6-19,38H,4-5H2,1-3H3,(H,39,40). The molecular weight excluding hydrogens is 709 g/mol. The lowest BCUT2D eigenvalue weighted by Crippen LogP contribution is -2.19. The molecule has 0 aliphatic rings. The van der Waals surface area contributed by atoms with E-state index in [1.807, 2.05) is 50.2 Å². The molecular formula is C34H29ClIN3O6. The zero-order valence-corrected chi connectivity index (χ0v) is 27.6. The summed E-state index contributed by atoms with van der Waals surface area (Å²) in [6.07, 6.45) is 1.47. The van der Waals surface area contributed by atoms with Gasteiger partial charge in [-0.25, -0.2) is 10.2 Å². The normalized spacial score (nSPS) is 11.0. The van der Waals surface area contributed by atoms with Crippen LogP contribution in [-0.4, -0.2) is 43.4 Å². The number of methoxy groups -OCH3 is 1. The molecule has 5 aromatic rings. The van der Waals surface area contributed by atoms with E-state index in [0.717, 1.165) is 20.0 Å². The summed E-state index contributed by atoms with van der Waals surface area (Å²) in [6, 6.07) is 23.0. The molecule has 11 heteroatoms. The number of hydrazone groups is 1. The summed E-state index contributed by atoms with van der Waals surface area (Å²) in [5, 5.41) is 5.56. The Balaban J connectivity index is 1.33. The number of halogens is 2. The molecule has 5 rings (SSSR count). The van der Waals surface area contributed by atoms with Gasteiger partial charge in [0.05, 0.1) is 32.1 Å². The maximum absolute atomic E-state index is 13.4. The van der Waals surface area contributed by atoms with Crippen LogP contribution in [0.25, 0.3) is 22.0 Å². The van der Waals surface area contributed by atoms with Gasteiger partial charge in [0.15, 0.2) is 23.0 Å². The molecule has 0 fully saturated rings. The Bertz CT molecular complexity index is 1900. The van der Waals surface area contributed by atoms with E-state index in [1.165, 1.54) is 13.3 Å². The maximum atomic E-state index is 13.4. The van der Waals surface area contributed by atoms with Crippen molar-refractivity contribution in [3.63, 3.8) is 0 Å². The summed E-state index contributed by atoms with van der Waals surface area (Å²) >= 11 is 8.77. The third-order valence-corrected chi connectivity index (χ3v) is 7.68. The first kappa shape index (κ1) is 31.9. The first-order chi connectivity index (χ1) is 21.8. The fraction of sp³-hybridized carbons (Fsp3) is 0.147. The number of ether oxygens (including phenoxy) is 4. The van der Waals surface area contributed by atoms with E-state index in [9.17, 15) is 9.59 Å². The Hall–Kier alpha value is -4.55. The van der Waals surface area contributed by atoms with Gasteiger partial charge in [0.1, 0.15) is 5.69 Å². The first-order valence-corrected chi connectivity index (χ1v) is 15.5. The van der Waals surface area contributed by atoms with Gasteiger partial charge in [0, 0.05) is 30.6 Å². The van der Waals surface area contributed by atoms with Crippen molar-refractivity contribution in [1.29, 1.82) is 0 Å². The number of hydrogen-bond acceptors (Lipinski definition) is 7. The molecule has 1 aromatic heterocycles. The number of benzene rings is 4. The molecule has 0 saturated carbocycles. The van der Waals surface area contributed by atoms with Crippen LogP contribution in [-0.2, 0) is 0 Å². The number of nitrogens with one attached hydrogen (secondary N) is 2. The highest BCUT2D eigenvalue weighted by Crippen LogP contribution is 2.37. The molecule has 0 aliphatic heterocycles. The van der Waals surface area contributed by atoms with Crippen molar-refractivity contribution in [3.8, 4) is 34.1 Å². The number of amides is 1. The van der Waals surface area contributed by atoms with Crippen LogP contribution in [0, 0.1) is 3.57 Å². The number of nitrogens with zero attached hydrogens (tertiary/aromatic N) is 1. The van der Waals surface area contributed by atoms with Gasteiger partial charge in [-0.2, -0.15) is 5.10 Å². The third-order valence-electron chi connectivity index (χ3n) is 6.68. The van der Waals surface area contributed by atoms with E-state index < -0.39 is 11.9 Å². The van der Waals surface area contributed by atoms with Crippen LogP contribution >= 0.6 is 34.2 Å². The van der Waals surface area contributed by atoms with Gasteiger partial charge in [-0.05, 0) is 103 Å². The van der Waals surface area contributed by atoms with Crippen LogP contribution in [0.1, 0.15) is 40.3 Å². The average molecular weight is 738 g/mol. The molecule has 0 atom stereocenters. The molecule has 0 unspecified atom stereocenters. The second-order valence-corrected chi connectivity index (χ2v) is 11.2. The number of aromatic amines is 1. The number of esters is 1. The molecule has 0 bridgehead atoms. The van der Waals surface area contributed by atoms with Crippen LogP contribution in [0.15, 0.2) is 84.0 Å². The highest BCUT2D eigenvalue weighted by atomic mass is 127. The zero-order valence-electron chi connectivity index (χ0n) is 24.6. The Morgan fingerprint density at radius 2 is 1.67 bits per heavy atom. The fourth-order valence-corrected chi connectivity index (χ4v) is 5.41. The van der Waals surface area contributed by atoms with E-state index in [-0.39, 0.29) is 5.75 Å². The van der Waals surface area contributed by atoms with Crippen LogP contribution < -0.4 is 24.4 Å². The summed E-state index contributed by atoms with van der Waals surface area (Å²) in [5.41, 5.74) is 6.04. The first-order valence-electron chi connectivity index (χ1n) is 14.0. The topological polar surface area (TPSA) is 111 Å². The number of aromatic nitrogens is 1. The number of rotatable bonds is 11. The predicted octanol–water partition coefficient (Wildman–Crippen LogP) is 7.88. The molecule has 0 spiro atoms. The molecule has 45 heavy (non-hydrogen) atoms. The van der Waals surface area contributed by atoms with E-state index in [1.54, 1.807) is 42.5 Å². The van der Waals surface area contributed by atoms with Crippen molar-refractivity contribution < 1.29 is 28.5 Å². The SMILES string of the molecule is CCOc1ccc(C(=O)Oc2ccc(C=NNC(=O)c3[nH]c4ccc(I)cc4c3-c3ccccc3Cl)cc2OC)cc1OCC. The van der Waals surface area contributed by atoms with Gasteiger partial charge in [0.2, 0.25) is 0 Å². The smallest absolute Gasteiger partial charge is 0.343 e. The molecule has 0 saturated heterocycles. The third kappa shape index (κ3) is 7.23. The number of hydrogen-bond donors (Lipinski definition) is 2. The average Bonchev–Trinajstić information content (AvgIpc) is 3.41. The van der Waals surface area contributed by atoms with Gasteiger partial charge in [0.25, 0.3) is 5.91 Å². The minimum absolute atomic E-state index is 0.215. The molecule has 2 N–H and O–H groups in total. The summed E-state index contributed by atoms with van der Waals surface area (Å²) < 4.78 is 23.3.